The monoisotopic (exact) mass is 1110 g/mol. The summed E-state index contributed by atoms with van der Waals surface area (Å²) in [5, 5.41) is 4.56. The molecule has 0 aliphatic carbocycles. The van der Waals surface area contributed by atoms with E-state index in [2.05, 4.69) is 272 Å². The minimum absolute atomic E-state index is 0. The third-order valence-corrected chi connectivity index (χ3v) is 13.8. The van der Waals surface area contributed by atoms with E-state index in [1.165, 1.54) is 11.1 Å². The van der Waals surface area contributed by atoms with Crippen molar-refractivity contribution in [2.24, 2.45) is 0 Å². The van der Waals surface area contributed by atoms with Crippen molar-refractivity contribution in [1.29, 1.82) is 0 Å². The SMILES string of the molecule is CC(C)(C)c1cccc(C(C)(C)C)c1N(c1[c-]c([N+]2=C=[N+](c3c(-c4ccccc4)cccc3-c3ccccc3)c3c2ccc2ccccc32)ccc1)c1[c-]c2c(cc1)c1ccccc1n2-c1ccccn1.[Pt+2]. The van der Waals surface area contributed by atoms with E-state index < -0.39 is 0 Å². The Morgan fingerprint density at radius 1 is 0.486 bits per heavy atom. The van der Waals surface area contributed by atoms with E-state index >= 15 is 0 Å². The number of anilines is 3. The molecule has 9 aromatic carbocycles. The molecule has 3 heterocycles. The van der Waals surface area contributed by atoms with E-state index in [9.17, 15) is 0 Å². The molecule has 1 aliphatic heterocycles. The Labute approximate surface area is 436 Å². The number of pyridine rings is 1. The number of fused-ring (bicyclic) bond motifs is 6. The molecule has 0 saturated heterocycles. The van der Waals surface area contributed by atoms with Crippen LogP contribution in [0.5, 0.6) is 0 Å². The minimum Gasteiger partial charge on any atom is -0.358 e. The first-order chi connectivity index (χ1) is 34.5. The number of hydrogen-bond donors (Lipinski definition) is 0. The summed E-state index contributed by atoms with van der Waals surface area (Å²) in [5.74, 6) is 0.845. The van der Waals surface area contributed by atoms with Gasteiger partial charge in [-0.2, -0.15) is 12.1 Å². The van der Waals surface area contributed by atoms with Gasteiger partial charge in [-0.3, -0.25) is 0 Å². The zero-order valence-corrected chi connectivity index (χ0v) is 43.5. The Morgan fingerprint density at radius 3 is 1.75 bits per heavy atom. The van der Waals surface area contributed by atoms with Crippen molar-refractivity contribution < 1.29 is 21.1 Å². The van der Waals surface area contributed by atoms with E-state index in [1.807, 2.05) is 18.3 Å². The number of hydrogen-bond acceptors (Lipinski definition) is 2. The molecule has 6 heteroatoms. The van der Waals surface area contributed by atoms with Crippen molar-refractivity contribution >= 4 is 78.4 Å². The van der Waals surface area contributed by atoms with Gasteiger partial charge in [0.2, 0.25) is 5.69 Å². The van der Waals surface area contributed by atoms with Gasteiger partial charge >= 0.3 is 32.8 Å². The molecule has 0 saturated carbocycles. The minimum atomic E-state index is -0.209. The van der Waals surface area contributed by atoms with E-state index in [0.29, 0.717) is 0 Å². The van der Waals surface area contributed by atoms with Gasteiger partial charge in [0, 0.05) is 23.5 Å². The molecule has 5 nitrogen and oxygen atoms in total. The molecular weight excluding hydrogens is 1060 g/mol. The summed E-state index contributed by atoms with van der Waals surface area (Å²) < 4.78 is 6.74. The van der Waals surface area contributed by atoms with Crippen molar-refractivity contribution in [1.82, 2.24) is 18.7 Å². The van der Waals surface area contributed by atoms with Crippen LogP contribution in [0.1, 0.15) is 52.7 Å². The van der Waals surface area contributed by atoms with Gasteiger partial charge in [0.1, 0.15) is 11.5 Å². The second-order valence-electron chi connectivity index (χ2n) is 20.5. The maximum absolute atomic E-state index is 4.88. The zero-order valence-electron chi connectivity index (χ0n) is 41.3. The normalized spacial score (nSPS) is 12.4. The van der Waals surface area contributed by atoms with Gasteiger partial charge in [0.25, 0.3) is 5.69 Å². The van der Waals surface area contributed by atoms with Crippen LogP contribution in [0.3, 0.4) is 0 Å². The Kier molecular flexibility index (Phi) is 11.8. The summed E-state index contributed by atoms with van der Waals surface area (Å²) in [6.07, 6.45) is 1.86. The van der Waals surface area contributed by atoms with Crippen LogP contribution in [-0.2, 0) is 31.9 Å². The van der Waals surface area contributed by atoms with E-state index in [4.69, 9.17) is 4.98 Å². The first-order valence-electron chi connectivity index (χ1n) is 24.5. The van der Waals surface area contributed by atoms with Gasteiger partial charge in [-0.15, -0.1) is 23.6 Å². The molecule has 0 radical (unpaired) electrons. The predicted molar refractivity (Wildman–Crippen MR) is 298 cm³/mol. The van der Waals surface area contributed by atoms with Crippen LogP contribution in [0.25, 0.3) is 60.6 Å². The number of rotatable bonds is 8. The largest absolute Gasteiger partial charge is 2.00 e. The first-order valence-corrected chi connectivity index (χ1v) is 24.5. The fraction of sp³-hybridized carbons (Fsp3) is 0.121. The van der Waals surface area contributed by atoms with Crippen molar-refractivity contribution in [2.75, 3.05) is 4.90 Å². The Hall–Kier alpha value is -7.94. The number of para-hydroxylation sites is 3. The summed E-state index contributed by atoms with van der Waals surface area (Å²) in [6, 6.07) is 85.7. The quantitative estimate of drug-likeness (QED) is 0.112. The van der Waals surface area contributed by atoms with Gasteiger partial charge in [0.05, 0.1) is 16.5 Å². The molecule has 12 rings (SSSR count). The maximum atomic E-state index is 4.88. The second-order valence-corrected chi connectivity index (χ2v) is 20.5. The van der Waals surface area contributed by atoms with Crippen LogP contribution in [0, 0.1) is 12.1 Å². The number of benzene rings is 9. The molecule has 2 aromatic heterocycles. The van der Waals surface area contributed by atoms with Crippen molar-refractivity contribution in [3.8, 4) is 28.1 Å². The molecule has 0 atom stereocenters. The Bertz CT molecular complexity index is 3840. The van der Waals surface area contributed by atoms with Gasteiger partial charge in [-0.25, -0.2) is 4.98 Å². The van der Waals surface area contributed by atoms with Crippen molar-refractivity contribution in [2.45, 2.75) is 52.4 Å². The molecular formula is C66H53N5Pt+2. The van der Waals surface area contributed by atoms with Crippen LogP contribution >= 0.6 is 0 Å². The van der Waals surface area contributed by atoms with Crippen LogP contribution < -0.4 is 14.1 Å². The summed E-state index contributed by atoms with van der Waals surface area (Å²) in [6.45, 7) is 13.9. The molecule has 0 amide bonds. The summed E-state index contributed by atoms with van der Waals surface area (Å²) in [4.78, 5) is 7.28. The molecule has 72 heavy (non-hydrogen) atoms. The van der Waals surface area contributed by atoms with Crippen LogP contribution in [0.15, 0.2) is 212 Å². The predicted octanol–water partition coefficient (Wildman–Crippen LogP) is 17.2. The van der Waals surface area contributed by atoms with Gasteiger partial charge in [-0.1, -0.05) is 203 Å². The molecule has 11 aromatic rings. The third kappa shape index (κ3) is 8.00. The van der Waals surface area contributed by atoms with Crippen molar-refractivity contribution in [3.05, 3.63) is 236 Å². The molecule has 350 valence electrons. The van der Waals surface area contributed by atoms with Crippen LogP contribution in [-0.4, -0.2) is 15.6 Å². The van der Waals surface area contributed by atoms with E-state index in [0.717, 1.165) is 100 Å². The van der Waals surface area contributed by atoms with E-state index in [1.54, 1.807) is 0 Å². The number of nitrogens with zero attached hydrogens (tertiary/aromatic N) is 5. The van der Waals surface area contributed by atoms with Crippen molar-refractivity contribution in [3.63, 3.8) is 0 Å². The van der Waals surface area contributed by atoms with Gasteiger partial charge in [-0.05, 0) is 90.9 Å². The smallest absolute Gasteiger partial charge is 0.358 e. The topological polar surface area (TPSA) is 27.1 Å². The van der Waals surface area contributed by atoms with Crippen LogP contribution in [0.4, 0.5) is 39.8 Å². The van der Waals surface area contributed by atoms with E-state index in [-0.39, 0.29) is 31.9 Å². The van der Waals surface area contributed by atoms with Gasteiger partial charge in [0.15, 0.2) is 0 Å². The zero-order chi connectivity index (χ0) is 48.4. The third-order valence-electron chi connectivity index (χ3n) is 13.8. The fourth-order valence-corrected chi connectivity index (χ4v) is 10.5. The molecule has 0 spiro atoms. The number of aromatic nitrogens is 2. The van der Waals surface area contributed by atoms with Crippen LogP contribution in [0.2, 0.25) is 0 Å². The second kappa shape index (κ2) is 18.3. The average Bonchev–Trinajstić information content (AvgIpc) is 3.95. The van der Waals surface area contributed by atoms with Gasteiger partial charge < -0.3 is 9.47 Å². The summed E-state index contributed by atoms with van der Waals surface area (Å²) in [5.41, 5.74) is 15.5. The maximum Gasteiger partial charge on any atom is 2.00 e. The molecule has 1 aliphatic rings. The average molecular weight is 1110 g/mol. The fourth-order valence-electron chi connectivity index (χ4n) is 10.5. The molecule has 0 unspecified atom stereocenters. The molecule has 0 N–H and O–H groups in total. The summed E-state index contributed by atoms with van der Waals surface area (Å²) >= 11 is 0. The Morgan fingerprint density at radius 2 is 1.08 bits per heavy atom. The summed E-state index contributed by atoms with van der Waals surface area (Å²) in [7, 11) is 0. The first kappa shape index (κ1) is 46.4. The molecule has 0 fully saturated rings. The standard InChI is InChI=1S/C66H53N5.Pt/c1-65(2,3)56-33-21-34-57(66(4,5)6)64(56)70(50-38-39-55-54-30-15-16-35-58(54)71(60(55)43-50)61-36-17-18-41-67-61)49-28-19-27-48(42-49)68-44-69(63-53-29-14-13-26-47(53)37-40-59(63)68)62-51(45-22-9-7-10-23-45)31-20-32-52(62)46-24-11-8-12-25-46;/h7-41H,1-6H3;/q;+2. The Balaban J connectivity index is 0.00000560. The molecule has 0 bridgehead atoms.